The minimum Gasteiger partial charge on any atom is -0.383 e. The molecule has 0 radical (unpaired) electrons. The number of likely N-dealkylation sites (N-methyl/N-ethyl adjacent to an activating group) is 1. The number of ether oxygens (including phenoxy) is 1. The van der Waals surface area contributed by atoms with Crippen LogP contribution in [-0.4, -0.2) is 38.3 Å². The molecule has 1 aliphatic rings. The Hall–Kier alpha value is -0.0800. The molecule has 1 aliphatic carbocycles. The Bertz CT molecular complexity index is 189. The monoisotopic (exact) mass is 227 g/mol. The molecule has 16 heavy (non-hydrogen) atoms. The fourth-order valence-corrected chi connectivity index (χ4v) is 2.80. The van der Waals surface area contributed by atoms with Crippen molar-refractivity contribution in [1.29, 1.82) is 0 Å². The third kappa shape index (κ3) is 4.06. The lowest BCUT2D eigenvalue weighted by Crippen LogP contribution is -2.39. The smallest absolute Gasteiger partial charge is 0.0589 e. The van der Waals surface area contributed by atoms with Crippen LogP contribution in [0.1, 0.15) is 46.5 Å². The van der Waals surface area contributed by atoms with Crippen molar-refractivity contribution >= 4 is 0 Å². The van der Waals surface area contributed by atoms with Crippen LogP contribution in [0, 0.1) is 11.3 Å². The minimum atomic E-state index is 0.496. The first-order chi connectivity index (χ1) is 7.45. The molecule has 0 aromatic rings. The molecule has 2 nitrogen and oxygen atoms in total. The number of hydrogen-bond donors (Lipinski definition) is 0. The summed E-state index contributed by atoms with van der Waals surface area (Å²) in [6.07, 6.45) is 5.52. The quantitative estimate of drug-likeness (QED) is 0.731. The Morgan fingerprint density at radius 3 is 2.12 bits per heavy atom. The summed E-state index contributed by atoms with van der Waals surface area (Å²) in [5.41, 5.74) is 0.496. The van der Waals surface area contributed by atoms with Crippen molar-refractivity contribution in [2.45, 2.75) is 52.5 Å². The Kier molecular flexibility index (Phi) is 5.26. The third-order valence-corrected chi connectivity index (χ3v) is 4.19. The predicted octanol–water partition coefficient (Wildman–Crippen LogP) is 3.17. The van der Waals surface area contributed by atoms with E-state index in [9.17, 15) is 0 Å². The first kappa shape index (κ1) is 14.0. The summed E-state index contributed by atoms with van der Waals surface area (Å²) < 4.78 is 5.14. The molecule has 0 aromatic heterocycles. The van der Waals surface area contributed by atoms with E-state index in [1.807, 2.05) is 0 Å². The minimum absolute atomic E-state index is 0.496. The topological polar surface area (TPSA) is 12.5 Å². The van der Waals surface area contributed by atoms with E-state index in [-0.39, 0.29) is 0 Å². The van der Waals surface area contributed by atoms with Gasteiger partial charge in [0.15, 0.2) is 0 Å². The SMILES string of the molecule is COCCN(C)[C@H]1CC[C@H](C(C)(C)C)CC1. The van der Waals surface area contributed by atoms with Gasteiger partial charge in [-0.15, -0.1) is 0 Å². The average Bonchev–Trinajstić information content (AvgIpc) is 2.25. The van der Waals surface area contributed by atoms with E-state index in [1.54, 1.807) is 7.11 Å². The Morgan fingerprint density at radius 2 is 1.69 bits per heavy atom. The summed E-state index contributed by atoms with van der Waals surface area (Å²) in [6.45, 7) is 9.07. The van der Waals surface area contributed by atoms with E-state index in [4.69, 9.17) is 4.74 Å². The van der Waals surface area contributed by atoms with Crippen molar-refractivity contribution in [3.63, 3.8) is 0 Å². The number of methoxy groups -OCH3 is 1. The molecule has 1 rings (SSSR count). The van der Waals surface area contributed by atoms with Gasteiger partial charge in [-0.1, -0.05) is 20.8 Å². The molecule has 0 unspecified atom stereocenters. The Morgan fingerprint density at radius 1 is 1.12 bits per heavy atom. The average molecular weight is 227 g/mol. The van der Waals surface area contributed by atoms with Gasteiger partial charge in [-0.3, -0.25) is 0 Å². The van der Waals surface area contributed by atoms with Crippen molar-refractivity contribution in [2.75, 3.05) is 27.3 Å². The summed E-state index contributed by atoms with van der Waals surface area (Å²) in [7, 11) is 4.02. The molecule has 0 N–H and O–H groups in total. The van der Waals surface area contributed by atoms with E-state index < -0.39 is 0 Å². The molecule has 0 saturated heterocycles. The predicted molar refractivity (Wildman–Crippen MR) is 69.7 cm³/mol. The summed E-state index contributed by atoms with van der Waals surface area (Å²) >= 11 is 0. The molecule has 0 spiro atoms. The van der Waals surface area contributed by atoms with Gasteiger partial charge in [0.05, 0.1) is 6.61 Å². The van der Waals surface area contributed by atoms with Gasteiger partial charge in [0.25, 0.3) is 0 Å². The van der Waals surface area contributed by atoms with Gasteiger partial charge >= 0.3 is 0 Å². The first-order valence-corrected chi connectivity index (χ1v) is 6.64. The van der Waals surface area contributed by atoms with Crippen LogP contribution in [0.2, 0.25) is 0 Å². The molecular formula is C14H29NO. The molecule has 0 amide bonds. The van der Waals surface area contributed by atoms with Gasteiger partial charge in [0, 0.05) is 19.7 Å². The maximum atomic E-state index is 5.14. The largest absolute Gasteiger partial charge is 0.383 e. The van der Waals surface area contributed by atoms with Crippen LogP contribution in [0.5, 0.6) is 0 Å². The van der Waals surface area contributed by atoms with Crippen LogP contribution in [0.4, 0.5) is 0 Å². The molecule has 2 heteroatoms. The van der Waals surface area contributed by atoms with Crippen LogP contribution >= 0.6 is 0 Å². The number of hydrogen-bond acceptors (Lipinski definition) is 2. The molecule has 0 atom stereocenters. The van der Waals surface area contributed by atoms with Crippen molar-refractivity contribution < 1.29 is 4.74 Å². The molecular weight excluding hydrogens is 198 g/mol. The molecule has 0 aliphatic heterocycles. The molecule has 0 aromatic carbocycles. The van der Waals surface area contributed by atoms with Crippen molar-refractivity contribution in [2.24, 2.45) is 11.3 Å². The highest BCUT2D eigenvalue weighted by molar-refractivity contribution is 4.83. The van der Waals surface area contributed by atoms with Crippen LogP contribution in [0.25, 0.3) is 0 Å². The molecule has 1 saturated carbocycles. The molecule has 0 heterocycles. The van der Waals surface area contributed by atoms with Crippen molar-refractivity contribution in [3.8, 4) is 0 Å². The second-order valence-corrected chi connectivity index (χ2v) is 6.34. The van der Waals surface area contributed by atoms with E-state index in [0.29, 0.717) is 5.41 Å². The summed E-state index contributed by atoms with van der Waals surface area (Å²) in [5.74, 6) is 0.916. The highest BCUT2D eigenvalue weighted by atomic mass is 16.5. The van der Waals surface area contributed by atoms with E-state index >= 15 is 0 Å². The van der Waals surface area contributed by atoms with Gasteiger partial charge in [0.1, 0.15) is 0 Å². The fourth-order valence-electron chi connectivity index (χ4n) is 2.80. The van der Waals surface area contributed by atoms with Gasteiger partial charge in [0.2, 0.25) is 0 Å². The maximum absolute atomic E-state index is 5.14. The highest BCUT2D eigenvalue weighted by Crippen LogP contribution is 2.38. The summed E-state index contributed by atoms with van der Waals surface area (Å²) in [6, 6.07) is 0.786. The molecule has 0 bridgehead atoms. The zero-order valence-corrected chi connectivity index (χ0v) is 11.8. The van der Waals surface area contributed by atoms with Gasteiger partial charge in [-0.05, 0) is 44.1 Å². The van der Waals surface area contributed by atoms with Gasteiger partial charge in [-0.25, -0.2) is 0 Å². The number of rotatable bonds is 4. The maximum Gasteiger partial charge on any atom is 0.0589 e. The Balaban J connectivity index is 2.31. The summed E-state index contributed by atoms with van der Waals surface area (Å²) in [4.78, 5) is 2.47. The second-order valence-electron chi connectivity index (χ2n) is 6.34. The fraction of sp³-hybridized carbons (Fsp3) is 1.00. The molecule has 1 fully saturated rings. The van der Waals surface area contributed by atoms with Crippen molar-refractivity contribution in [3.05, 3.63) is 0 Å². The van der Waals surface area contributed by atoms with Crippen LogP contribution in [-0.2, 0) is 4.74 Å². The van der Waals surface area contributed by atoms with E-state index in [0.717, 1.165) is 25.1 Å². The normalized spacial score (nSPS) is 27.4. The van der Waals surface area contributed by atoms with Crippen molar-refractivity contribution in [1.82, 2.24) is 4.90 Å². The van der Waals surface area contributed by atoms with Gasteiger partial charge in [-0.2, -0.15) is 0 Å². The third-order valence-electron chi connectivity index (χ3n) is 4.19. The van der Waals surface area contributed by atoms with E-state index in [2.05, 4.69) is 32.7 Å². The summed E-state index contributed by atoms with van der Waals surface area (Å²) in [5, 5.41) is 0. The standard InChI is InChI=1S/C14H29NO/c1-14(2,3)12-6-8-13(9-7-12)15(4)10-11-16-5/h12-13H,6-11H2,1-5H3/t12-,13-. The van der Waals surface area contributed by atoms with Crippen LogP contribution in [0.3, 0.4) is 0 Å². The van der Waals surface area contributed by atoms with E-state index in [1.165, 1.54) is 25.7 Å². The zero-order chi connectivity index (χ0) is 12.2. The molecule has 96 valence electrons. The Labute approximate surface area is 101 Å². The lowest BCUT2D eigenvalue weighted by molar-refractivity contribution is 0.0884. The van der Waals surface area contributed by atoms with Crippen LogP contribution in [0.15, 0.2) is 0 Å². The lowest BCUT2D eigenvalue weighted by Gasteiger charge is -2.40. The van der Waals surface area contributed by atoms with Gasteiger partial charge < -0.3 is 9.64 Å². The second kappa shape index (κ2) is 6.02. The zero-order valence-electron chi connectivity index (χ0n) is 11.8. The van der Waals surface area contributed by atoms with Crippen LogP contribution < -0.4 is 0 Å². The number of nitrogens with zero attached hydrogens (tertiary/aromatic N) is 1. The first-order valence-electron chi connectivity index (χ1n) is 6.64. The highest BCUT2D eigenvalue weighted by Gasteiger charge is 2.30. The lowest BCUT2D eigenvalue weighted by atomic mass is 9.71.